The molecule has 0 spiro atoms. The predicted octanol–water partition coefficient (Wildman–Crippen LogP) is 3.43. The summed E-state index contributed by atoms with van der Waals surface area (Å²) in [5.41, 5.74) is 2.12. The van der Waals surface area contributed by atoms with Crippen LogP contribution in [0, 0.1) is 6.92 Å². The highest BCUT2D eigenvalue weighted by molar-refractivity contribution is 5.80. The third-order valence-corrected chi connectivity index (χ3v) is 3.66. The lowest BCUT2D eigenvalue weighted by atomic mass is 10.2. The standard InChI is InChI=1S/C19H23NO3/c1-14-9-11-17(12-10-14)23-15(2)19(21)20(3)13-16-7-5-6-8-18(16)22-4/h5-12,15H,13H2,1-4H3/t15-/m1/s1. The Morgan fingerprint density at radius 2 is 1.78 bits per heavy atom. The summed E-state index contributed by atoms with van der Waals surface area (Å²) < 4.78 is 11.0. The van der Waals surface area contributed by atoms with Crippen molar-refractivity contribution in [3.63, 3.8) is 0 Å². The number of ether oxygens (including phenoxy) is 2. The number of likely N-dealkylation sites (N-methyl/N-ethyl adjacent to an activating group) is 1. The van der Waals surface area contributed by atoms with Crippen LogP contribution >= 0.6 is 0 Å². The minimum atomic E-state index is -0.544. The summed E-state index contributed by atoms with van der Waals surface area (Å²) in [6.45, 7) is 4.25. The lowest BCUT2D eigenvalue weighted by Gasteiger charge is -2.23. The number of nitrogens with zero attached hydrogens (tertiary/aromatic N) is 1. The van der Waals surface area contributed by atoms with Crippen LogP contribution in [-0.4, -0.2) is 31.1 Å². The minimum absolute atomic E-state index is 0.0727. The Morgan fingerprint density at radius 3 is 2.43 bits per heavy atom. The van der Waals surface area contributed by atoms with E-state index in [0.717, 1.165) is 16.9 Å². The summed E-state index contributed by atoms with van der Waals surface area (Å²) in [6, 6.07) is 15.4. The summed E-state index contributed by atoms with van der Waals surface area (Å²) in [6.07, 6.45) is -0.544. The van der Waals surface area contributed by atoms with Gasteiger partial charge in [0, 0.05) is 19.2 Å². The molecule has 0 aliphatic carbocycles. The van der Waals surface area contributed by atoms with Crippen molar-refractivity contribution in [3.05, 3.63) is 59.7 Å². The molecule has 4 heteroatoms. The molecule has 0 aliphatic rings. The first-order valence-electron chi connectivity index (χ1n) is 7.61. The molecule has 122 valence electrons. The normalized spacial score (nSPS) is 11.7. The topological polar surface area (TPSA) is 38.8 Å². The molecule has 0 heterocycles. The Balaban J connectivity index is 1.99. The second kappa shape index (κ2) is 7.68. The molecule has 0 saturated carbocycles. The Bertz CT molecular complexity index is 652. The molecule has 1 amide bonds. The zero-order valence-electron chi connectivity index (χ0n) is 14.1. The van der Waals surface area contributed by atoms with Crippen molar-refractivity contribution in [2.24, 2.45) is 0 Å². The number of hydrogen-bond acceptors (Lipinski definition) is 3. The molecule has 0 radical (unpaired) electrons. The Morgan fingerprint density at radius 1 is 1.13 bits per heavy atom. The second-order valence-corrected chi connectivity index (χ2v) is 5.58. The third kappa shape index (κ3) is 4.49. The first kappa shape index (κ1) is 16.9. The molecule has 2 aromatic carbocycles. The van der Waals surface area contributed by atoms with Crippen molar-refractivity contribution >= 4 is 5.91 Å². The van der Waals surface area contributed by atoms with Crippen LogP contribution in [0.1, 0.15) is 18.1 Å². The summed E-state index contributed by atoms with van der Waals surface area (Å²) >= 11 is 0. The summed E-state index contributed by atoms with van der Waals surface area (Å²) in [5.74, 6) is 1.40. The van der Waals surface area contributed by atoms with E-state index in [9.17, 15) is 4.79 Å². The van der Waals surface area contributed by atoms with E-state index in [1.165, 1.54) is 0 Å². The molecule has 0 bridgehead atoms. The second-order valence-electron chi connectivity index (χ2n) is 5.58. The third-order valence-electron chi connectivity index (χ3n) is 3.66. The van der Waals surface area contributed by atoms with Gasteiger partial charge in [-0.1, -0.05) is 35.9 Å². The van der Waals surface area contributed by atoms with Crippen molar-refractivity contribution in [3.8, 4) is 11.5 Å². The number of carbonyl (C=O) groups excluding carboxylic acids is 1. The van der Waals surface area contributed by atoms with Crippen molar-refractivity contribution in [1.82, 2.24) is 4.90 Å². The fraction of sp³-hybridized carbons (Fsp3) is 0.316. The largest absolute Gasteiger partial charge is 0.496 e. The average molecular weight is 313 g/mol. The molecular formula is C19H23NO3. The quantitative estimate of drug-likeness (QED) is 0.820. The molecule has 0 N–H and O–H groups in total. The zero-order valence-corrected chi connectivity index (χ0v) is 14.1. The van der Waals surface area contributed by atoms with Gasteiger partial charge in [0.1, 0.15) is 11.5 Å². The van der Waals surface area contributed by atoms with E-state index in [0.29, 0.717) is 12.3 Å². The molecule has 2 aromatic rings. The molecule has 0 aliphatic heterocycles. The van der Waals surface area contributed by atoms with Gasteiger partial charge in [-0.25, -0.2) is 0 Å². The molecular weight excluding hydrogens is 290 g/mol. The van der Waals surface area contributed by atoms with Crippen LogP contribution in [0.15, 0.2) is 48.5 Å². The van der Waals surface area contributed by atoms with Gasteiger partial charge in [0.15, 0.2) is 6.10 Å². The first-order valence-corrected chi connectivity index (χ1v) is 7.61. The smallest absolute Gasteiger partial charge is 0.263 e. The average Bonchev–Trinajstić information content (AvgIpc) is 2.56. The van der Waals surface area contributed by atoms with E-state index in [1.54, 1.807) is 26.0 Å². The number of para-hydroxylation sites is 1. The predicted molar refractivity (Wildman–Crippen MR) is 90.7 cm³/mol. The molecule has 4 nitrogen and oxygen atoms in total. The molecule has 23 heavy (non-hydrogen) atoms. The van der Waals surface area contributed by atoms with Crippen LogP contribution in [0.5, 0.6) is 11.5 Å². The molecule has 2 rings (SSSR count). The van der Waals surface area contributed by atoms with Crippen molar-refractivity contribution in [2.45, 2.75) is 26.5 Å². The molecule has 0 unspecified atom stereocenters. The number of methoxy groups -OCH3 is 1. The maximum atomic E-state index is 12.5. The van der Waals surface area contributed by atoms with Gasteiger partial charge < -0.3 is 14.4 Å². The lowest BCUT2D eigenvalue weighted by molar-refractivity contribution is -0.137. The van der Waals surface area contributed by atoms with Crippen LogP contribution in [0.25, 0.3) is 0 Å². The van der Waals surface area contributed by atoms with E-state index in [1.807, 2.05) is 55.5 Å². The number of hydrogen-bond donors (Lipinski definition) is 0. The van der Waals surface area contributed by atoms with E-state index in [4.69, 9.17) is 9.47 Å². The highest BCUT2D eigenvalue weighted by atomic mass is 16.5. The van der Waals surface area contributed by atoms with Gasteiger partial charge in [0.2, 0.25) is 0 Å². The Kier molecular flexibility index (Phi) is 5.63. The highest BCUT2D eigenvalue weighted by Gasteiger charge is 2.20. The summed E-state index contributed by atoms with van der Waals surface area (Å²) in [5, 5.41) is 0. The van der Waals surface area contributed by atoms with Crippen LogP contribution in [0.3, 0.4) is 0 Å². The van der Waals surface area contributed by atoms with E-state index < -0.39 is 6.10 Å². The van der Waals surface area contributed by atoms with Crippen molar-refractivity contribution in [2.75, 3.05) is 14.2 Å². The zero-order chi connectivity index (χ0) is 16.8. The Labute approximate surface area is 137 Å². The van der Waals surface area contributed by atoms with E-state index in [2.05, 4.69) is 0 Å². The fourth-order valence-corrected chi connectivity index (χ4v) is 2.35. The molecule has 0 aromatic heterocycles. The van der Waals surface area contributed by atoms with Gasteiger partial charge in [-0.05, 0) is 32.0 Å². The molecule has 1 atom stereocenters. The number of rotatable bonds is 6. The monoisotopic (exact) mass is 313 g/mol. The maximum absolute atomic E-state index is 12.5. The van der Waals surface area contributed by atoms with Crippen LogP contribution in [-0.2, 0) is 11.3 Å². The van der Waals surface area contributed by atoms with Gasteiger partial charge in [-0.3, -0.25) is 4.79 Å². The van der Waals surface area contributed by atoms with Crippen LogP contribution in [0.4, 0.5) is 0 Å². The number of carbonyl (C=O) groups is 1. The van der Waals surface area contributed by atoms with Gasteiger partial charge in [-0.15, -0.1) is 0 Å². The molecule has 0 saturated heterocycles. The fourth-order valence-electron chi connectivity index (χ4n) is 2.35. The van der Waals surface area contributed by atoms with Crippen LogP contribution in [0.2, 0.25) is 0 Å². The van der Waals surface area contributed by atoms with Crippen LogP contribution < -0.4 is 9.47 Å². The van der Waals surface area contributed by atoms with E-state index in [-0.39, 0.29) is 5.91 Å². The Hall–Kier alpha value is -2.49. The van der Waals surface area contributed by atoms with Crippen molar-refractivity contribution in [1.29, 1.82) is 0 Å². The SMILES string of the molecule is COc1ccccc1CN(C)C(=O)[C@@H](C)Oc1ccc(C)cc1. The van der Waals surface area contributed by atoms with E-state index >= 15 is 0 Å². The highest BCUT2D eigenvalue weighted by Crippen LogP contribution is 2.20. The van der Waals surface area contributed by atoms with Gasteiger partial charge >= 0.3 is 0 Å². The van der Waals surface area contributed by atoms with Crippen molar-refractivity contribution < 1.29 is 14.3 Å². The number of amides is 1. The minimum Gasteiger partial charge on any atom is -0.496 e. The number of aryl methyl sites for hydroxylation is 1. The van der Waals surface area contributed by atoms with Gasteiger partial charge in [-0.2, -0.15) is 0 Å². The first-order chi connectivity index (χ1) is 11.0. The summed E-state index contributed by atoms with van der Waals surface area (Å²) in [7, 11) is 3.40. The lowest BCUT2D eigenvalue weighted by Crippen LogP contribution is -2.37. The maximum Gasteiger partial charge on any atom is 0.263 e. The summed E-state index contributed by atoms with van der Waals surface area (Å²) in [4.78, 5) is 14.1. The van der Waals surface area contributed by atoms with Gasteiger partial charge in [0.25, 0.3) is 5.91 Å². The van der Waals surface area contributed by atoms with Gasteiger partial charge in [0.05, 0.1) is 7.11 Å². The number of benzene rings is 2. The molecule has 0 fully saturated rings.